The minimum atomic E-state index is -0.171. The standard InChI is InChI=1S/C25H34N8O/c1-17-15-32(11-10-31(17)2)19-6-7-21(26-14-19)29-24-27-13-18-12-20-23(34)28-16-25(8-4-3-5-9-25)33(20)22(18)30-24/h6-7,13-14,17,20H,3-5,8-12,15-16H2,1-2H3,(H,28,34)(H,26,27,29,30)/t17-,20?/m0/s1. The van der Waals surface area contributed by atoms with Crippen LogP contribution in [0, 0.1) is 0 Å². The zero-order chi connectivity index (χ0) is 23.3. The van der Waals surface area contributed by atoms with Gasteiger partial charge in [-0.2, -0.15) is 4.98 Å². The Bertz CT molecular complexity index is 1070. The summed E-state index contributed by atoms with van der Waals surface area (Å²) in [4.78, 5) is 33.9. The van der Waals surface area contributed by atoms with Crippen molar-refractivity contribution in [2.24, 2.45) is 0 Å². The summed E-state index contributed by atoms with van der Waals surface area (Å²) in [6.45, 7) is 6.04. The number of aromatic nitrogens is 3. The van der Waals surface area contributed by atoms with Crippen LogP contribution in [0.25, 0.3) is 0 Å². The van der Waals surface area contributed by atoms with Crippen molar-refractivity contribution < 1.29 is 4.79 Å². The molecule has 1 amide bonds. The van der Waals surface area contributed by atoms with E-state index in [0.717, 1.165) is 55.4 Å². The third kappa shape index (κ3) is 3.66. The number of hydrogen-bond donors (Lipinski definition) is 2. The quantitative estimate of drug-likeness (QED) is 0.719. The largest absolute Gasteiger partial charge is 0.367 e. The summed E-state index contributed by atoms with van der Waals surface area (Å²) in [5.74, 6) is 2.29. The molecule has 2 N–H and O–H groups in total. The first kappa shape index (κ1) is 21.6. The maximum Gasteiger partial charge on any atom is 0.243 e. The average Bonchev–Trinajstić information content (AvgIpc) is 3.25. The molecule has 2 aromatic heterocycles. The van der Waals surface area contributed by atoms with Gasteiger partial charge in [-0.15, -0.1) is 0 Å². The minimum absolute atomic E-state index is 0.0206. The van der Waals surface area contributed by atoms with Gasteiger partial charge in [-0.1, -0.05) is 19.3 Å². The minimum Gasteiger partial charge on any atom is -0.367 e. The summed E-state index contributed by atoms with van der Waals surface area (Å²) in [6, 6.07) is 4.46. The maximum atomic E-state index is 12.7. The fourth-order valence-corrected chi connectivity index (χ4v) is 6.15. The summed E-state index contributed by atoms with van der Waals surface area (Å²) in [7, 11) is 2.18. The molecular weight excluding hydrogens is 428 g/mol. The van der Waals surface area contributed by atoms with Crippen LogP contribution in [0.15, 0.2) is 24.5 Å². The highest BCUT2D eigenvalue weighted by Crippen LogP contribution is 2.44. The van der Waals surface area contributed by atoms with E-state index in [9.17, 15) is 4.79 Å². The molecule has 34 heavy (non-hydrogen) atoms. The van der Waals surface area contributed by atoms with Crippen LogP contribution in [0.5, 0.6) is 0 Å². The zero-order valence-corrected chi connectivity index (χ0v) is 20.1. The lowest BCUT2D eigenvalue weighted by molar-refractivity contribution is -0.124. The number of rotatable bonds is 3. The van der Waals surface area contributed by atoms with Crippen LogP contribution < -0.4 is 20.4 Å². The Balaban J connectivity index is 1.22. The van der Waals surface area contributed by atoms with Crippen molar-refractivity contribution in [3.8, 4) is 0 Å². The number of likely N-dealkylation sites (N-methyl/N-ethyl adjacent to an activating group) is 1. The van der Waals surface area contributed by atoms with Gasteiger partial charge >= 0.3 is 0 Å². The summed E-state index contributed by atoms with van der Waals surface area (Å²) in [6.07, 6.45) is 10.4. The Labute approximate surface area is 201 Å². The Morgan fingerprint density at radius 3 is 2.74 bits per heavy atom. The predicted molar refractivity (Wildman–Crippen MR) is 133 cm³/mol. The van der Waals surface area contributed by atoms with Crippen LogP contribution in [-0.2, 0) is 11.2 Å². The highest BCUT2D eigenvalue weighted by molar-refractivity contribution is 5.90. The molecule has 0 radical (unpaired) electrons. The molecule has 4 aliphatic rings. The lowest BCUT2D eigenvalue weighted by atomic mass is 9.78. The van der Waals surface area contributed by atoms with Gasteiger partial charge in [0.2, 0.25) is 11.9 Å². The van der Waals surface area contributed by atoms with Crippen molar-refractivity contribution in [1.82, 2.24) is 25.2 Å². The Morgan fingerprint density at radius 2 is 1.97 bits per heavy atom. The molecular formula is C25H34N8O. The Hall–Kier alpha value is -2.94. The van der Waals surface area contributed by atoms with Crippen molar-refractivity contribution >= 4 is 29.2 Å². The molecule has 6 rings (SSSR count). The van der Waals surface area contributed by atoms with Crippen LogP contribution in [0.3, 0.4) is 0 Å². The van der Waals surface area contributed by atoms with Gasteiger partial charge in [0.15, 0.2) is 0 Å². The van der Waals surface area contributed by atoms with Gasteiger partial charge < -0.3 is 25.3 Å². The van der Waals surface area contributed by atoms with Gasteiger partial charge in [-0.05, 0) is 38.9 Å². The molecule has 1 spiro atoms. The molecule has 9 nitrogen and oxygen atoms in total. The van der Waals surface area contributed by atoms with Gasteiger partial charge in [-0.25, -0.2) is 9.97 Å². The average molecular weight is 463 g/mol. The molecule has 180 valence electrons. The topological polar surface area (TPSA) is 89.5 Å². The van der Waals surface area contributed by atoms with Crippen LogP contribution >= 0.6 is 0 Å². The van der Waals surface area contributed by atoms with Gasteiger partial charge in [0, 0.05) is 50.4 Å². The van der Waals surface area contributed by atoms with E-state index in [1.807, 2.05) is 18.5 Å². The van der Waals surface area contributed by atoms with Crippen molar-refractivity contribution in [2.75, 3.05) is 48.3 Å². The van der Waals surface area contributed by atoms with E-state index >= 15 is 0 Å². The van der Waals surface area contributed by atoms with Crippen molar-refractivity contribution in [2.45, 2.75) is 63.1 Å². The number of carbonyl (C=O) groups excluding carboxylic acids is 1. The lowest BCUT2D eigenvalue weighted by Crippen LogP contribution is -2.67. The van der Waals surface area contributed by atoms with E-state index in [0.29, 0.717) is 25.0 Å². The molecule has 1 unspecified atom stereocenters. The SMILES string of the molecule is C[C@H]1CN(c2ccc(Nc3ncc4c(n3)N3C(C4)C(=O)NCC34CCCCC4)nc2)CCN1C. The van der Waals surface area contributed by atoms with E-state index in [-0.39, 0.29) is 17.5 Å². The van der Waals surface area contributed by atoms with Crippen molar-refractivity contribution in [1.29, 1.82) is 0 Å². The number of nitrogens with zero attached hydrogens (tertiary/aromatic N) is 6. The maximum absolute atomic E-state index is 12.7. The molecule has 0 aromatic carbocycles. The van der Waals surface area contributed by atoms with Crippen LogP contribution in [0.1, 0.15) is 44.6 Å². The highest BCUT2D eigenvalue weighted by atomic mass is 16.2. The van der Waals surface area contributed by atoms with Gasteiger partial charge in [-0.3, -0.25) is 4.79 Å². The number of pyridine rings is 1. The first-order valence-corrected chi connectivity index (χ1v) is 12.6. The fraction of sp³-hybridized carbons (Fsp3) is 0.600. The van der Waals surface area contributed by atoms with Gasteiger partial charge in [0.25, 0.3) is 0 Å². The Morgan fingerprint density at radius 1 is 1.12 bits per heavy atom. The number of anilines is 4. The van der Waals surface area contributed by atoms with E-state index in [1.54, 1.807) is 0 Å². The molecule has 9 heteroatoms. The summed E-state index contributed by atoms with van der Waals surface area (Å²) < 4.78 is 0. The van der Waals surface area contributed by atoms with Crippen LogP contribution in [0.4, 0.5) is 23.3 Å². The molecule has 2 aromatic rings. The smallest absolute Gasteiger partial charge is 0.243 e. The molecule has 1 saturated carbocycles. The number of piperazine rings is 2. The van der Waals surface area contributed by atoms with Crippen LogP contribution in [-0.4, -0.2) is 76.6 Å². The number of fused-ring (bicyclic) bond motifs is 4. The number of hydrogen-bond acceptors (Lipinski definition) is 8. The third-order valence-electron chi connectivity index (χ3n) is 8.30. The van der Waals surface area contributed by atoms with Crippen LogP contribution in [0.2, 0.25) is 0 Å². The monoisotopic (exact) mass is 462 g/mol. The first-order valence-electron chi connectivity index (χ1n) is 12.6. The lowest BCUT2D eigenvalue weighted by Gasteiger charge is -2.51. The second-order valence-electron chi connectivity index (χ2n) is 10.4. The normalized spacial score (nSPS) is 26.2. The van der Waals surface area contributed by atoms with Crippen molar-refractivity contribution in [3.05, 3.63) is 30.1 Å². The molecule has 2 saturated heterocycles. The number of amides is 1. The molecule has 5 heterocycles. The number of carbonyl (C=O) groups is 1. The molecule has 2 atom stereocenters. The molecule has 0 bridgehead atoms. The van der Waals surface area contributed by atoms with E-state index in [1.165, 1.54) is 19.3 Å². The summed E-state index contributed by atoms with van der Waals surface area (Å²) in [5.41, 5.74) is 2.18. The second-order valence-corrected chi connectivity index (χ2v) is 10.4. The molecule has 3 aliphatic heterocycles. The van der Waals surface area contributed by atoms with Gasteiger partial charge in [0.1, 0.15) is 17.7 Å². The molecule has 1 aliphatic carbocycles. The summed E-state index contributed by atoms with van der Waals surface area (Å²) >= 11 is 0. The molecule has 3 fully saturated rings. The second kappa shape index (κ2) is 8.37. The highest BCUT2D eigenvalue weighted by Gasteiger charge is 2.51. The third-order valence-corrected chi connectivity index (χ3v) is 8.30. The predicted octanol–water partition coefficient (Wildman–Crippen LogP) is 2.32. The van der Waals surface area contributed by atoms with E-state index < -0.39 is 0 Å². The fourth-order valence-electron chi connectivity index (χ4n) is 6.15. The summed E-state index contributed by atoms with van der Waals surface area (Å²) in [5, 5.41) is 6.47. The zero-order valence-electron chi connectivity index (χ0n) is 20.1. The van der Waals surface area contributed by atoms with Gasteiger partial charge in [0.05, 0.1) is 17.4 Å². The van der Waals surface area contributed by atoms with E-state index in [4.69, 9.17) is 4.98 Å². The van der Waals surface area contributed by atoms with Crippen molar-refractivity contribution in [3.63, 3.8) is 0 Å². The first-order chi connectivity index (χ1) is 16.5. The Kier molecular flexibility index (Phi) is 5.32. The van der Waals surface area contributed by atoms with E-state index in [2.05, 4.69) is 55.3 Å². The number of nitrogens with one attached hydrogen (secondary N) is 2.